The van der Waals surface area contributed by atoms with Crippen LogP contribution in [0.5, 0.6) is 0 Å². The number of hydrogen-bond acceptors (Lipinski definition) is 17. The number of carbonyl (C=O) groups is 1. The van der Waals surface area contributed by atoms with E-state index in [1.807, 2.05) is 9.47 Å². The first-order valence-electron chi connectivity index (χ1n) is 13.3. The molecule has 1 unspecified atom stereocenters. The van der Waals surface area contributed by atoms with Gasteiger partial charge in [0.1, 0.15) is 48.8 Å². The van der Waals surface area contributed by atoms with Crippen molar-refractivity contribution >= 4 is 68.9 Å². The van der Waals surface area contributed by atoms with Gasteiger partial charge in [-0.25, -0.2) is 24.5 Å². The molecule has 10 atom stereocenters. The van der Waals surface area contributed by atoms with Gasteiger partial charge in [-0.2, -0.15) is 4.98 Å². The molecule has 2 fully saturated rings. The third kappa shape index (κ3) is 5.96. The lowest BCUT2D eigenvalue weighted by atomic mass is 9.97. The summed E-state index contributed by atoms with van der Waals surface area (Å²) in [5, 5.41) is 22.2. The van der Waals surface area contributed by atoms with Gasteiger partial charge in [0.25, 0.3) is 5.56 Å². The number of hydrogen-bond donors (Lipinski definition) is 6. The predicted molar refractivity (Wildman–Crippen MR) is 159 cm³/mol. The van der Waals surface area contributed by atoms with Crippen LogP contribution in [-0.4, -0.2) is 99.3 Å². The zero-order valence-corrected chi connectivity index (χ0v) is 25.9. The Labute approximate surface area is 259 Å². The zero-order chi connectivity index (χ0) is 32.0. The summed E-state index contributed by atoms with van der Waals surface area (Å²) in [7, 11) is 2.03. The Balaban J connectivity index is 1.18. The van der Waals surface area contributed by atoms with E-state index in [0.29, 0.717) is 17.5 Å². The van der Waals surface area contributed by atoms with Gasteiger partial charge in [-0.05, 0) is 0 Å². The van der Waals surface area contributed by atoms with Crippen LogP contribution in [0.2, 0.25) is 0 Å². The van der Waals surface area contributed by atoms with Gasteiger partial charge in [0.05, 0.1) is 32.0 Å². The van der Waals surface area contributed by atoms with Crippen molar-refractivity contribution in [2.24, 2.45) is 5.92 Å². The van der Waals surface area contributed by atoms with E-state index in [-0.39, 0.29) is 36.0 Å². The fraction of sp³-hybridized carbons (Fsp3) is 0.500. The Kier molecular flexibility index (Phi) is 8.92. The van der Waals surface area contributed by atoms with E-state index in [1.165, 1.54) is 28.1 Å². The molecule has 0 saturated carbocycles. The van der Waals surface area contributed by atoms with Crippen molar-refractivity contribution < 1.29 is 42.6 Å². The van der Waals surface area contributed by atoms with Crippen molar-refractivity contribution in [2.45, 2.75) is 49.4 Å². The van der Waals surface area contributed by atoms with E-state index in [9.17, 15) is 24.4 Å². The topological polar surface area (TPSA) is 280 Å². The summed E-state index contributed by atoms with van der Waals surface area (Å²) in [5.41, 5.74) is 11.6. The van der Waals surface area contributed by atoms with Crippen molar-refractivity contribution in [3.05, 3.63) is 29.3 Å². The molecule has 0 amide bonds. The number of nitrogen functional groups attached to an aromatic ring is 2. The fourth-order valence-corrected chi connectivity index (χ4v) is 7.11. The van der Waals surface area contributed by atoms with Crippen molar-refractivity contribution in [1.82, 2.24) is 39.0 Å². The van der Waals surface area contributed by atoms with Crippen LogP contribution in [0.1, 0.15) is 18.9 Å². The number of nitrogens with two attached hydrogens (primary N) is 2. The summed E-state index contributed by atoms with van der Waals surface area (Å²) in [6.45, 7) is -4.90. The Morgan fingerprint density at radius 1 is 1.04 bits per heavy atom. The van der Waals surface area contributed by atoms with Crippen LogP contribution in [-0.2, 0) is 32.4 Å². The molecule has 0 bridgehead atoms. The first-order chi connectivity index (χ1) is 21.5. The minimum atomic E-state index is -4.29. The monoisotopic (exact) mass is 686 g/mol. The van der Waals surface area contributed by atoms with Gasteiger partial charge >= 0.3 is 6.80 Å². The second kappa shape index (κ2) is 12.6. The van der Waals surface area contributed by atoms with E-state index in [4.69, 9.17) is 34.5 Å². The molecule has 4 aromatic heterocycles. The minimum Gasteiger partial charge on any atom is -0.390 e. The van der Waals surface area contributed by atoms with Crippen LogP contribution < -0.4 is 17.0 Å². The zero-order valence-electron chi connectivity index (χ0n) is 23.0. The number of aliphatic hydroxyl groups is 2. The Bertz CT molecular complexity index is 1820. The highest BCUT2D eigenvalue weighted by Crippen LogP contribution is 2.57. The van der Waals surface area contributed by atoms with Gasteiger partial charge in [0.15, 0.2) is 28.9 Å². The number of imidazole rings is 2. The number of nitrogens with one attached hydrogen (secondary N) is 1. The van der Waals surface area contributed by atoms with E-state index < -0.39 is 67.9 Å². The van der Waals surface area contributed by atoms with Crippen LogP contribution in [0.4, 0.5) is 11.8 Å². The highest BCUT2D eigenvalue weighted by atomic mass is 32.7. The summed E-state index contributed by atoms with van der Waals surface area (Å²) >= 11 is 4.08. The van der Waals surface area contributed by atoms with Gasteiger partial charge in [0.2, 0.25) is 5.95 Å². The standard InChI is InChI=1S/C22H28N10O10P2S/c23-16-11-17(26-5-25-16)31(6-27-11)20-8(1-2-33)13(34)9(40-20)4-39-44(37,45)42-15-10(3-38-43)41-21(14(15)35)32-7-28-12-18(32)29-22(24)30-19(12)36/h2,5-10,13-15,20-21,34-35H,1,3-4,43H2,(H,37,45)(H2,23,25,26)(H3,24,29,30,36)/t8-,9-,10-,13+,14-,15-,20-,21-,44-/m1/s1. The van der Waals surface area contributed by atoms with Crippen molar-refractivity contribution in [3.63, 3.8) is 0 Å². The molecular weight excluding hydrogens is 658 g/mol. The second-order valence-corrected chi connectivity index (χ2v) is 13.4. The Morgan fingerprint density at radius 2 is 1.76 bits per heavy atom. The number of aromatic nitrogens is 8. The van der Waals surface area contributed by atoms with Crippen molar-refractivity contribution in [2.75, 3.05) is 24.7 Å². The smallest absolute Gasteiger partial charge is 0.386 e. The van der Waals surface area contributed by atoms with E-state index in [0.717, 1.165) is 0 Å². The molecule has 23 heteroatoms. The summed E-state index contributed by atoms with van der Waals surface area (Å²) in [4.78, 5) is 46.4. The Hall–Kier alpha value is -3.10. The number of fused-ring (bicyclic) bond motifs is 2. The normalized spacial score (nSPS) is 29.9. The summed E-state index contributed by atoms with van der Waals surface area (Å²) < 4.78 is 44.4. The maximum absolute atomic E-state index is 13.4. The van der Waals surface area contributed by atoms with Crippen molar-refractivity contribution in [1.29, 1.82) is 0 Å². The van der Waals surface area contributed by atoms with Crippen LogP contribution in [0.15, 0.2) is 23.8 Å². The highest BCUT2D eigenvalue weighted by Gasteiger charge is 2.50. The molecule has 0 radical (unpaired) electrons. The number of ether oxygens (including phenoxy) is 2. The summed E-state index contributed by atoms with van der Waals surface area (Å²) in [6, 6.07) is 0. The van der Waals surface area contributed by atoms with Gasteiger partial charge in [0, 0.05) is 21.8 Å². The molecule has 6 rings (SSSR count). The first kappa shape index (κ1) is 31.9. The average Bonchev–Trinajstić information content (AvgIpc) is 3.75. The number of thiol groups is 1. The predicted octanol–water partition coefficient (Wildman–Crippen LogP) is -0.908. The van der Waals surface area contributed by atoms with Crippen LogP contribution in [0.25, 0.3) is 22.3 Å². The largest absolute Gasteiger partial charge is 0.390 e. The van der Waals surface area contributed by atoms with Crippen LogP contribution >= 0.6 is 28.5 Å². The number of aliphatic hydroxyl groups excluding tert-OH is 2. The van der Waals surface area contributed by atoms with Crippen LogP contribution in [0, 0.1) is 5.92 Å². The maximum atomic E-state index is 13.4. The molecule has 2 aliphatic heterocycles. The number of rotatable bonds is 11. The maximum Gasteiger partial charge on any atom is 0.386 e. The molecule has 6 heterocycles. The van der Waals surface area contributed by atoms with E-state index in [1.54, 1.807) is 0 Å². The summed E-state index contributed by atoms with van der Waals surface area (Å²) in [6.07, 6.45) is -3.84. The van der Waals surface area contributed by atoms with Crippen LogP contribution in [0.3, 0.4) is 0 Å². The lowest BCUT2D eigenvalue weighted by Crippen LogP contribution is -2.36. The highest BCUT2D eigenvalue weighted by molar-refractivity contribution is 8.44. The number of aromatic amines is 1. The molecule has 45 heavy (non-hydrogen) atoms. The van der Waals surface area contributed by atoms with Gasteiger partial charge < -0.3 is 40.5 Å². The lowest BCUT2D eigenvalue weighted by Gasteiger charge is -2.24. The lowest BCUT2D eigenvalue weighted by molar-refractivity contribution is -0.110. The van der Waals surface area contributed by atoms with Gasteiger partial charge in [-0.1, -0.05) is 12.2 Å². The number of H-pyrrole nitrogens is 1. The van der Waals surface area contributed by atoms with Gasteiger partial charge in [-0.15, -0.1) is 0 Å². The average molecular weight is 687 g/mol. The van der Waals surface area contributed by atoms with Gasteiger partial charge in [-0.3, -0.25) is 28.0 Å². The molecule has 2 saturated heterocycles. The molecule has 0 aromatic carbocycles. The fourth-order valence-electron chi connectivity index (χ4n) is 5.43. The molecule has 7 N–H and O–H groups in total. The van der Waals surface area contributed by atoms with E-state index in [2.05, 4.69) is 42.2 Å². The van der Waals surface area contributed by atoms with Crippen molar-refractivity contribution in [3.8, 4) is 0 Å². The molecule has 20 nitrogen and oxygen atoms in total. The molecule has 2 aliphatic rings. The molecule has 242 valence electrons. The minimum absolute atomic E-state index is 0.0309. The SMILES string of the molecule is Nc1nc2c(ncn2[C@@H]2O[C@H](COP)[C@@H](O[P@](=O)(S)OC[C@H]3O[C@@H](n4cnc5c(N)ncnc54)[C@H](CC=O)[C@@H]3O)[C@H]2O)c(=O)[nH]1. The first-order valence-corrected chi connectivity index (χ1v) is 16.4. The second-order valence-electron chi connectivity index (χ2n) is 10.2. The third-order valence-electron chi connectivity index (χ3n) is 7.48. The number of nitrogens with zero attached hydrogens (tertiary/aromatic N) is 7. The molecule has 0 spiro atoms. The molecular formula is C22H28N10O10P2S. The summed E-state index contributed by atoms with van der Waals surface area (Å²) in [5.74, 6) is -0.794. The number of anilines is 2. The molecule has 0 aliphatic carbocycles. The number of carbonyl (C=O) groups excluding carboxylic acids is 1. The molecule has 4 aromatic rings. The number of aldehydes is 1. The quantitative estimate of drug-likeness (QED) is 0.0633. The van der Waals surface area contributed by atoms with E-state index >= 15 is 0 Å². The third-order valence-corrected chi connectivity index (χ3v) is 9.29. The Morgan fingerprint density at radius 3 is 2.49 bits per heavy atom.